The number of benzene rings is 1. The Balaban J connectivity index is 1.38. The molecule has 1 heterocycles. The van der Waals surface area contributed by atoms with Crippen molar-refractivity contribution in [2.45, 2.75) is 76.2 Å². The van der Waals surface area contributed by atoms with Gasteiger partial charge in [-0.15, -0.1) is 0 Å². The van der Waals surface area contributed by atoms with E-state index in [0.29, 0.717) is 12.5 Å². The Bertz CT molecular complexity index is 695. The third-order valence-electron chi connectivity index (χ3n) is 6.63. The van der Waals surface area contributed by atoms with Crippen LogP contribution in [0, 0.1) is 5.92 Å². The molecule has 1 aliphatic heterocycles. The number of carbonyl (C=O) groups excluding carboxylic acids is 1. The molecule has 1 aromatic carbocycles. The number of hydrogen-bond donors (Lipinski definition) is 1. The molecular weight excluding hydrogens is 322 g/mol. The highest BCUT2D eigenvalue weighted by atomic mass is 16.6. The molecule has 0 aromatic heterocycles. The summed E-state index contributed by atoms with van der Waals surface area (Å²) < 4.78 is 5.17. The number of aryl methyl sites for hydroxylation is 1. The minimum Gasteiger partial charge on any atom is -0.447 e. The second kappa shape index (κ2) is 7.46. The van der Waals surface area contributed by atoms with Crippen LogP contribution in [0.2, 0.25) is 0 Å². The third-order valence-corrected chi connectivity index (χ3v) is 6.63. The van der Waals surface area contributed by atoms with E-state index in [2.05, 4.69) is 42.6 Å². The van der Waals surface area contributed by atoms with Gasteiger partial charge in [-0.3, -0.25) is 0 Å². The van der Waals surface area contributed by atoms with Crippen molar-refractivity contribution in [1.29, 1.82) is 0 Å². The summed E-state index contributed by atoms with van der Waals surface area (Å²) in [6.07, 6.45) is 15.1. The van der Waals surface area contributed by atoms with Crippen LogP contribution >= 0.6 is 0 Å². The molecule has 3 heteroatoms. The molecule has 26 heavy (non-hydrogen) atoms. The number of allylic oxidation sites excluding steroid dienone is 2. The van der Waals surface area contributed by atoms with Gasteiger partial charge in [0.05, 0.1) is 5.54 Å². The van der Waals surface area contributed by atoms with E-state index < -0.39 is 0 Å². The molecule has 2 fully saturated rings. The zero-order valence-electron chi connectivity index (χ0n) is 15.9. The Hall–Kier alpha value is -1.77. The summed E-state index contributed by atoms with van der Waals surface area (Å²) in [6, 6.07) is 7.19. The number of nitrogens with one attached hydrogen (secondary N) is 1. The first kappa shape index (κ1) is 17.6. The largest absolute Gasteiger partial charge is 0.447 e. The maximum atomic E-state index is 11.4. The Morgan fingerprint density at radius 2 is 2.19 bits per heavy atom. The van der Waals surface area contributed by atoms with E-state index in [1.807, 2.05) is 0 Å². The molecule has 2 aliphatic carbocycles. The summed E-state index contributed by atoms with van der Waals surface area (Å²) in [5.41, 5.74) is 4.49. The van der Waals surface area contributed by atoms with Crippen LogP contribution < -0.4 is 5.32 Å². The lowest BCUT2D eigenvalue weighted by atomic mass is 9.80. The van der Waals surface area contributed by atoms with Crippen LogP contribution in [0.1, 0.15) is 74.5 Å². The quantitative estimate of drug-likeness (QED) is 0.731. The zero-order valence-corrected chi connectivity index (χ0v) is 15.9. The van der Waals surface area contributed by atoms with E-state index in [-0.39, 0.29) is 11.6 Å². The zero-order chi connectivity index (χ0) is 18.0. The van der Waals surface area contributed by atoms with Crippen molar-refractivity contribution in [2.75, 3.05) is 6.61 Å². The van der Waals surface area contributed by atoms with Gasteiger partial charge < -0.3 is 10.1 Å². The molecule has 4 rings (SSSR count). The molecule has 1 amide bonds. The Labute approximate surface area is 157 Å². The molecule has 0 radical (unpaired) electrons. The number of amides is 1. The number of hydrogen-bond acceptors (Lipinski definition) is 2. The monoisotopic (exact) mass is 353 g/mol. The lowest BCUT2D eigenvalue weighted by Crippen LogP contribution is -2.40. The minimum atomic E-state index is -0.240. The average Bonchev–Trinajstić information content (AvgIpc) is 3.24. The number of rotatable bonds is 5. The molecule has 140 valence electrons. The number of ether oxygens (including phenoxy) is 1. The second-order valence-corrected chi connectivity index (χ2v) is 8.52. The Kier molecular flexibility index (Phi) is 5.06. The van der Waals surface area contributed by atoms with E-state index in [0.717, 1.165) is 31.6 Å². The molecular formula is C23H31NO2. The average molecular weight is 354 g/mol. The van der Waals surface area contributed by atoms with Crippen LogP contribution in [-0.2, 0) is 17.6 Å². The summed E-state index contributed by atoms with van der Waals surface area (Å²) in [5, 5.41) is 3.06. The van der Waals surface area contributed by atoms with Crippen LogP contribution in [0.3, 0.4) is 0 Å². The second-order valence-electron chi connectivity index (χ2n) is 8.52. The molecule has 1 spiro atoms. The Morgan fingerprint density at radius 1 is 1.27 bits per heavy atom. The normalized spacial score (nSPS) is 30.6. The topological polar surface area (TPSA) is 38.3 Å². The fourth-order valence-electron chi connectivity index (χ4n) is 5.12. The van der Waals surface area contributed by atoms with E-state index in [4.69, 9.17) is 4.74 Å². The first-order valence-corrected chi connectivity index (χ1v) is 10.4. The minimum absolute atomic E-state index is 0.102. The molecule has 3 nitrogen and oxygen atoms in total. The summed E-state index contributed by atoms with van der Waals surface area (Å²) in [4.78, 5) is 11.4. The van der Waals surface area contributed by atoms with Crippen molar-refractivity contribution in [3.05, 3.63) is 47.0 Å². The first-order chi connectivity index (χ1) is 12.7. The van der Waals surface area contributed by atoms with E-state index in [9.17, 15) is 4.79 Å². The van der Waals surface area contributed by atoms with Gasteiger partial charge in [-0.05, 0) is 86.3 Å². The summed E-state index contributed by atoms with van der Waals surface area (Å²) in [5.74, 6) is 1.40. The summed E-state index contributed by atoms with van der Waals surface area (Å²) in [6.45, 7) is 2.74. The van der Waals surface area contributed by atoms with Crippen LogP contribution in [0.25, 0.3) is 0 Å². The number of alkyl carbamates (subject to hydrolysis) is 1. The van der Waals surface area contributed by atoms with Crippen molar-refractivity contribution in [1.82, 2.24) is 5.32 Å². The van der Waals surface area contributed by atoms with Crippen molar-refractivity contribution >= 4 is 6.09 Å². The van der Waals surface area contributed by atoms with E-state index in [1.165, 1.54) is 37.7 Å². The van der Waals surface area contributed by atoms with Gasteiger partial charge in [0, 0.05) is 0 Å². The van der Waals surface area contributed by atoms with Crippen LogP contribution in [0.5, 0.6) is 0 Å². The summed E-state index contributed by atoms with van der Waals surface area (Å²) in [7, 11) is 0. The van der Waals surface area contributed by atoms with Gasteiger partial charge in [0.2, 0.25) is 0 Å². The molecule has 1 saturated heterocycles. The highest BCUT2D eigenvalue weighted by Gasteiger charge is 2.46. The molecule has 1 saturated carbocycles. The van der Waals surface area contributed by atoms with Gasteiger partial charge in [-0.25, -0.2) is 4.79 Å². The standard InChI is InChI=1S/C23H31NO2/c1-2-3-4-5-6-17-7-8-19-14-20(10-9-18(19)13-17)21-11-12-23(15-21)16-26-22(25)24-23/h3-4,9-10,14,17,21H,2,5-8,11-13,15-16H2,1H3,(H,24,25)/t17?,21-,23+/m0/s1. The lowest BCUT2D eigenvalue weighted by molar-refractivity contribution is 0.172. The fourth-order valence-corrected chi connectivity index (χ4v) is 5.12. The van der Waals surface area contributed by atoms with Gasteiger partial charge in [-0.2, -0.15) is 0 Å². The predicted octanol–water partition coefficient (Wildman–Crippen LogP) is 5.28. The predicted molar refractivity (Wildman–Crippen MR) is 104 cm³/mol. The van der Waals surface area contributed by atoms with Crippen molar-refractivity contribution in [3.63, 3.8) is 0 Å². The third kappa shape index (κ3) is 3.67. The number of fused-ring (bicyclic) bond motifs is 1. The van der Waals surface area contributed by atoms with Gasteiger partial charge in [0.25, 0.3) is 0 Å². The molecule has 1 unspecified atom stereocenters. The van der Waals surface area contributed by atoms with Gasteiger partial charge in [-0.1, -0.05) is 37.3 Å². The maximum absolute atomic E-state index is 11.4. The van der Waals surface area contributed by atoms with Crippen LogP contribution in [-0.4, -0.2) is 18.2 Å². The van der Waals surface area contributed by atoms with Crippen molar-refractivity contribution < 1.29 is 9.53 Å². The number of carbonyl (C=O) groups is 1. The summed E-state index contributed by atoms with van der Waals surface area (Å²) >= 11 is 0. The van der Waals surface area contributed by atoms with Gasteiger partial charge >= 0.3 is 6.09 Å². The van der Waals surface area contributed by atoms with Crippen molar-refractivity contribution in [3.8, 4) is 0 Å². The molecule has 3 atom stereocenters. The smallest absolute Gasteiger partial charge is 0.407 e. The molecule has 3 aliphatic rings. The molecule has 1 N–H and O–H groups in total. The first-order valence-electron chi connectivity index (χ1n) is 10.4. The fraction of sp³-hybridized carbons (Fsp3) is 0.609. The van der Waals surface area contributed by atoms with E-state index >= 15 is 0 Å². The van der Waals surface area contributed by atoms with Gasteiger partial charge in [0.15, 0.2) is 0 Å². The van der Waals surface area contributed by atoms with Crippen LogP contribution in [0.15, 0.2) is 30.4 Å². The molecule has 1 aromatic rings. The number of cyclic esters (lactones) is 1. The highest BCUT2D eigenvalue weighted by molar-refractivity contribution is 5.70. The Morgan fingerprint density at radius 3 is 3.00 bits per heavy atom. The van der Waals surface area contributed by atoms with Crippen molar-refractivity contribution in [2.24, 2.45) is 5.92 Å². The van der Waals surface area contributed by atoms with E-state index in [1.54, 1.807) is 11.1 Å². The molecule has 0 bridgehead atoms. The maximum Gasteiger partial charge on any atom is 0.407 e. The van der Waals surface area contributed by atoms with Crippen LogP contribution in [0.4, 0.5) is 4.79 Å². The highest BCUT2D eigenvalue weighted by Crippen LogP contribution is 2.43. The lowest BCUT2D eigenvalue weighted by Gasteiger charge is -2.26. The SMILES string of the molecule is CCC=CCCC1CCc2cc([C@H]3CC[C@]4(COC(=O)N4)C3)ccc2C1. The van der Waals surface area contributed by atoms with Gasteiger partial charge in [0.1, 0.15) is 6.61 Å².